The highest BCUT2D eigenvalue weighted by Gasteiger charge is 2.30. The first-order valence-electron chi connectivity index (χ1n) is 10.4. The van der Waals surface area contributed by atoms with Gasteiger partial charge < -0.3 is 5.11 Å². The monoisotopic (exact) mass is 444 g/mol. The number of aryl methyl sites for hydroxylation is 3. The number of amides is 1. The van der Waals surface area contributed by atoms with Crippen LogP contribution in [-0.2, 0) is 4.79 Å². The Bertz CT molecular complexity index is 1490. The quantitative estimate of drug-likeness (QED) is 0.605. The number of rotatable bonds is 3. The van der Waals surface area contributed by atoms with E-state index < -0.39 is 23.0 Å². The van der Waals surface area contributed by atoms with Gasteiger partial charge in [-0.2, -0.15) is 10.1 Å². The van der Waals surface area contributed by atoms with E-state index in [0.29, 0.717) is 17.1 Å². The predicted molar refractivity (Wildman–Crippen MR) is 128 cm³/mol. The molecule has 0 unspecified atom stereocenters. The van der Waals surface area contributed by atoms with Gasteiger partial charge in [0.05, 0.1) is 22.7 Å². The molecule has 1 aliphatic rings. The van der Waals surface area contributed by atoms with Crippen LogP contribution in [0.5, 0.6) is 5.88 Å². The number of aromatic amines is 1. The number of hydrazone groups is 1. The molecule has 0 saturated carbocycles. The minimum atomic E-state index is -0.795. The van der Waals surface area contributed by atoms with Crippen LogP contribution in [0.4, 0.5) is 5.69 Å². The Balaban J connectivity index is 1.84. The van der Waals surface area contributed by atoms with Gasteiger partial charge in [0.15, 0.2) is 0 Å². The van der Waals surface area contributed by atoms with Gasteiger partial charge in [-0.1, -0.05) is 18.2 Å². The second-order valence-electron chi connectivity index (χ2n) is 8.18. The lowest BCUT2D eigenvalue weighted by atomic mass is 10.1. The Morgan fingerprint density at radius 3 is 2.36 bits per heavy atom. The van der Waals surface area contributed by atoms with E-state index in [-0.39, 0.29) is 11.1 Å². The number of anilines is 1. The van der Waals surface area contributed by atoms with Crippen LogP contribution in [0.25, 0.3) is 11.8 Å². The summed E-state index contributed by atoms with van der Waals surface area (Å²) in [5, 5.41) is 16.5. The third-order valence-electron chi connectivity index (χ3n) is 6.02. The minimum Gasteiger partial charge on any atom is -0.494 e. The molecule has 0 spiro atoms. The van der Waals surface area contributed by atoms with Crippen molar-refractivity contribution in [3.63, 3.8) is 0 Å². The van der Waals surface area contributed by atoms with E-state index in [1.165, 1.54) is 11.1 Å². The molecule has 0 saturated heterocycles. The van der Waals surface area contributed by atoms with Gasteiger partial charge in [-0.3, -0.25) is 14.6 Å². The molecule has 0 fully saturated rings. The number of hydrogen-bond donors (Lipinski definition) is 2. The molecule has 0 bridgehead atoms. The number of carbonyl (C=O) groups is 1. The fourth-order valence-electron chi connectivity index (χ4n) is 3.73. The first-order valence-corrected chi connectivity index (χ1v) is 10.4. The molecule has 2 heterocycles. The van der Waals surface area contributed by atoms with Crippen molar-refractivity contribution in [3.05, 3.63) is 90.6 Å². The summed E-state index contributed by atoms with van der Waals surface area (Å²) in [6.07, 6.45) is 1.28. The van der Waals surface area contributed by atoms with Crippen LogP contribution < -0.4 is 16.3 Å². The number of nitrogens with one attached hydrogen (secondary N) is 1. The molecule has 2 N–H and O–H groups in total. The van der Waals surface area contributed by atoms with Gasteiger partial charge in [0.1, 0.15) is 5.56 Å². The minimum absolute atomic E-state index is 0.153. The van der Waals surface area contributed by atoms with Crippen LogP contribution in [0.15, 0.2) is 56.7 Å². The van der Waals surface area contributed by atoms with E-state index in [2.05, 4.69) is 10.1 Å². The van der Waals surface area contributed by atoms with E-state index >= 15 is 0 Å². The highest BCUT2D eigenvalue weighted by Crippen LogP contribution is 2.28. The largest absolute Gasteiger partial charge is 0.494 e. The fourth-order valence-corrected chi connectivity index (χ4v) is 3.73. The zero-order chi connectivity index (χ0) is 24.0. The lowest BCUT2D eigenvalue weighted by Gasteiger charge is -2.14. The van der Waals surface area contributed by atoms with E-state index in [1.54, 1.807) is 25.1 Å². The van der Waals surface area contributed by atoms with Crippen molar-refractivity contribution in [1.29, 1.82) is 0 Å². The lowest BCUT2D eigenvalue weighted by molar-refractivity contribution is -0.114. The Morgan fingerprint density at radius 1 is 0.939 bits per heavy atom. The Kier molecular flexibility index (Phi) is 5.37. The summed E-state index contributed by atoms with van der Waals surface area (Å²) in [6.45, 7) is 9.27. The smallest absolute Gasteiger partial charge is 0.335 e. The van der Waals surface area contributed by atoms with Gasteiger partial charge in [0.2, 0.25) is 5.88 Å². The number of aromatic nitrogens is 2. The molecule has 0 radical (unpaired) electrons. The summed E-state index contributed by atoms with van der Waals surface area (Å²) in [6, 6.07) is 10.9. The highest BCUT2D eigenvalue weighted by atomic mass is 16.3. The van der Waals surface area contributed by atoms with Gasteiger partial charge in [-0.25, -0.2) is 9.36 Å². The number of benzene rings is 2. The maximum Gasteiger partial charge on any atom is 0.335 e. The number of H-pyrrole nitrogens is 1. The fraction of sp³-hybridized carbons (Fsp3) is 0.200. The molecule has 1 aromatic heterocycles. The molecule has 168 valence electrons. The molecule has 3 aromatic rings. The molecule has 2 aromatic carbocycles. The summed E-state index contributed by atoms with van der Waals surface area (Å²) in [7, 11) is 0. The van der Waals surface area contributed by atoms with Gasteiger partial charge in [-0.05, 0) is 81.1 Å². The summed E-state index contributed by atoms with van der Waals surface area (Å²) in [5.74, 6) is -0.978. The molecular weight excluding hydrogens is 420 g/mol. The van der Waals surface area contributed by atoms with E-state index in [4.69, 9.17) is 0 Å². The second kappa shape index (κ2) is 8.05. The van der Waals surface area contributed by atoms with Crippen LogP contribution >= 0.6 is 0 Å². The summed E-state index contributed by atoms with van der Waals surface area (Å²) in [5.41, 5.74) is 3.62. The third-order valence-corrected chi connectivity index (χ3v) is 6.02. The average Bonchev–Trinajstić information content (AvgIpc) is 3.03. The molecule has 8 heteroatoms. The number of aromatic hydroxyl groups is 1. The zero-order valence-corrected chi connectivity index (χ0v) is 19.1. The van der Waals surface area contributed by atoms with E-state index in [0.717, 1.165) is 26.8 Å². The predicted octanol–water partition coefficient (Wildman–Crippen LogP) is 3.27. The van der Waals surface area contributed by atoms with Crippen LogP contribution in [0, 0.1) is 27.7 Å². The van der Waals surface area contributed by atoms with Crippen molar-refractivity contribution in [2.75, 3.05) is 5.01 Å². The molecule has 4 rings (SSSR count). The lowest BCUT2D eigenvalue weighted by Crippen LogP contribution is -2.31. The molecule has 0 atom stereocenters. The van der Waals surface area contributed by atoms with E-state index in [9.17, 15) is 19.5 Å². The Hall–Kier alpha value is -4.20. The normalized spacial score (nSPS) is 14.8. The van der Waals surface area contributed by atoms with Gasteiger partial charge >= 0.3 is 5.69 Å². The zero-order valence-electron chi connectivity index (χ0n) is 19.1. The Morgan fingerprint density at radius 2 is 1.67 bits per heavy atom. The van der Waals surface area contributed by atoms with Crippen molar-refractivity contribution in [2.45, 2.75) is 34.6 Å². The van der Waals surface area contributed by atoms with Crippen molar-refractivity contribution < 1.29 is 9.90 Å². The van der Waals surface area contributed by atoms with Crippen LogP contribution in [0.3, 0.4) is 0 Å². The van der Waals surface area contributed by atoms with Gasteiger partial charge in [-0.15, -0.1) is 0 Å². The standard InChI is InChI=1S/C25H24N4O4/c1-13-9-10-18(11-15(13)3)29-24(32)19(17(5)27-29)12-20-22(30)26-25(33)28(23(20)31)21-8-6-7-14(2)16(21)4/h6-12,31H,1-5H3,(H,26,30,33)/b19-12+. The summed E-state index contributed by atoms with van der Waals surface area (Å²) < 4.78 is 1.03. The Labute approximate surface area is 190 Å². The van der Waals surface area contributed by atoms with Crippen LogP contribution in [0.2, 0.25) is 0 Å². The maximum atomic E-state index is 13.1. The topological polar surface area (TPSA) is 108 Å². The van der Waals surface area contributed by atoms with Crippen molar-refractivity contribution in [1.82, 2.24) is 9.55 Å². The first kappa shape index (κ1) is 22.0. The first-order chi connectivity index (χ1) is 15.6. The molecule has 0 aliphatic carbocycles. The highest BCUT2D eigenvalue weighted by molar-refractivity contribution is 6.32. The van der Waals surface area contributed by atoms with Gasteiger partial charge in [0, 0.05) is 0 Å². The van der Waals surface area contributed by atoms with Crippen molar-refractivity contribution in [2.24, 2.45) is 5.10 Å². The van der Waals surface area contributed by atoms with Crippen molar-refractivity contribution >= 4 is 23.4 Å². The number of hydrogen-bond acceptors (Lipinski definition) is 5. The summed E-state index contributed by atoms with van der Waals surface area (Å²) >= 11 is 0. The maximum absolute atomic E-state index is 13.1. The van der Waals surface area contributed by atoms with Crippen LogP contribution in [-0.4, -0.2) is 26.3 Å². The molecule has 33 heavy (non-hydrogen) atoms. The van der Waals surface area contributed by atoms with E-state index in [1.807, 2.05) is 45.9 Å². The average molecular weight is 444 g/mol. The molecule has 8 nitrogen and oxygen atoms in total. The molecule has 1 aliphatic heterocycles. The third kappa shape index (κ3) is 3.69. The SMILES string of the molecule is CC1=NN(c2ccc(C)c(C)c2)C(=O)/C1=C/c1c(O)n(-c2cccc(C)c2C)c(=O)[nH]c1=O. The number of carbonyl (C=O) groups excluding carboxylic acids is 1. The number of nitrogens with zero attached hydrogens (tertiary/aromatic N) is 3. The molecule has 1 amide bonds. The second-order valence-corrected chi connectivity index (χ2v) is 8.18. The summed E-state index contributed by atoms with van der Waals surface area (Å²) in [4.78, 5) is 40.5. The molecular formula is C25H24N4O4. The van der Waals surface area contributed by atoms with Crippen molar-refractivity contribution in [3.8, 4) is 11.6 Å². The van der Waals surface area contributed by atoms with Gasteiger partial charge in [0.25, 0.3) is 11.5 Å². The van der Waals surface area contributed by atoms with Crippen LogP contribution in [0.1, 0.15) is 34.7 Å².